The lowest BCUT2D eigenvalue weighted by Gasteiger charge is -2.37. The van der Waals surface area contributed by atoms with Crippen LogP contribution in [-0.4, -0.2) is 37.7 Å². The minimum atomic E-state index is 0.147. The molecule has 19 heavy (non-hydrogen) atoms. The Morgan fingerprint density at radius 3 is 2.63 bits per heavy atom. The van der Waals surface area contributed by atoms with E-state index < -0.39 is 0 Å². The Hall–Kier alpha value is -0.320. The summed E-state index contributed by atoms with van der Waals surface area (Å²) in [6, 6.07) is 5.78. The maximum atomic E-state index is 6.08. The summed E-state index contributed by atoms with van der Waals surface area (Å²) in [6.45, 7) is 2.49. The first-order valence-corrected chi connectivity index (χ1v) is 7.32. The largest absolute Gasteiger partial charge is 0.380 e. The summed E-state index contributed by atoms with van der Waals surface area (Å²) >= 11 is 12.2. The molecule has 0 radical (unpaired) electrons. The topological polar surface area (TPSA) is 38.5 Å². The molecule has 3 nitrogen and oxygen atoms in total. The highest BCUT2D eigenvalue weighted by molar-refractivity contribution is 6.34. The van der Waals surface area contributed by atoms with Crippen molar-refractivity contribution in [1.29, 1.82) is 0 Å². The second-order valence-electron chi connectivity index (χ2n) is 4.95. The molecule has 0 spiro atoms. The SMILES string of the molecule is COC1CCCN(C(CN)c2cc(Cl)cc(Cl)c2)C1. The van der Waals surface area contributed by atoms with Crippen LogP contribution in [0.15, 0.2) is 18.2 Å². The van der Waals surface area contributed by atoms with E-state index in [1.807, 2.05) is 12.1 Å². The van der Waals surface area contributed by atoms with Gasteiger partial charge in [-0.05, 0) is 43.1 Å². The van der Waals surface area contributed by atoms with Crippen molar-refractivity contribution in [2.45, 2.75) is 25.0 Å². The molecule has 1 aromatic rings. The van der Waals surface area contributed by atoms with Crippen molar-refractivity contribution >= 4 is 23.2 Å². The number of halogens is 2. The molecule has 1 aliphatic rings. The number of piperidine rings is 1. The molecule has 1 saturated heterocycles. The third kappa shape index (κ3) is 3.83. The highest BCUT2D eigenvalue weighted by Crippen LogP contribution is 2.29. The van der Waals surface area contributed by atoms with E-state index in [4.69, 9.17) is 33.7 Å². The monoisotopic (exact) mass is 302 g/mol. The number of hydrogen-bond acceptors (Lipinski definition) is 3. The number of rotatable bonds is 4. The molecule has 0 amide bonds. The van der Waals surface area contributed by atoms with Gasteiger partial charge in [0.05, 0.1) is 6.10 Å². The molecule has 2 atom stereocenters. The lowest BCUT2D eigenvalue weighted by atomic mass is 10.0. The van der Waals surface area contributed by atoms with Crippen molar-refractivity contribution in [3.63, 3.8) is 0 Å². The van der Waals surface area contributed by atoms with Crippen LogP contribution in [0.2, 0.25) is 10.0 Å². The molecule has 2 N–H and O–H groups in total. The zero-order valence-corrected chi connectivity index (χ0v) is 12.6. The van der Waals surface area contributed by atoms with E-state index in [2.05, 4.69) is 4.90 Å². The van der Waals surface area contributed by atoms with Gasteiger partial charge in [0.15, 0.2) is 0 Å². The van der Waals surface area contributed by atoms with Gasteiger partial charge in [-0.2, -0.15) is 0 Å². The Bertz CT molecular complexity index is 408. The summed E-state index contributed by atoms with van der Waals surface area (Å²) in [5, 5.41) is 1.31. The van der Waals surface area contributed by atoms with E-state index in [0.717, 1.165) is 31.5 Å². The molecule has 0 aromatic heterocycles. The molecular weight excluding hydrogens is 283 g/mol. The molecule has 1 aliphatic heterocycles. The minimum Gasteiger partial charge on any atom is -0.380 e. The van der Waals surface area contributed by atoms with Crippen LogP contribution in [0.25, 0.3) is 0 Å². The third-order valence-corrected chi connectivity index (χ3v) is 4.11. The van der Waals surface area contributed by atoms with E-state index >= 15 is 0 Å². The van der Waals surface area contributed by atoms with Gasteiger partial charge >= 0.3 is 0 Å². The fourth-order valence-corrected chi connectivity index (χ4v) is 3.25. The van der Waals surface area contributed by atoms with E-state index in [1.54, 1.807) is 13.2 Å². The second-order valence-corrected chi connectivity index (χ2v) is 5.82. The predicted molar refractivity (Wildman–Crippen MR) is 79.9 cm³/mol. The van der Waals surface area contributed by atoms with Crippen LogP contribution in [0.4, 0.5) is 0 Å². The van der Waals surface area contributed by atoms with Crippen LogP contribution >= 0.6 is 23.2 Å². The van der Waals surface area contributed by atoms with E-state index in [1.165, 1.54) is 0 Å². The first kappa shape index (κ1) is 15.1. The summed E-state index contributed by atoms with van der Waals surface area (Å²) in [7, 11) is 1.77. The van der Waals surface area contributed by atoms with E-state index in [9.17, 15) is 0 Å². The number of benzene rings is 1. The maximum absolute atomic E-state index is 6.08. The predicted octanol–water partition coefficient (Wildman–Crippen LogP) is 3.10. The maximum Gasteiger partial charge on any atom is 0.0698 e. The normalized spacial score (nSPS) is 22.4. The lowest BCUT2D eigenvalue weighted by Crippen LogP contribution is -2.43. The number of nitrogens with two attached hydrogens (primary N) is 1. The average molecular weight is 303 g/mol. The molecule has 0 aliphatic carbocycles. The summed E-state index contributed by atoms with van der Waals surface area (Å²) in [6.07, 6.45) is 2.53. The Balaban J connectivity index is 2.18. The molecule has 1 fully saturated rings. The van der Waals surface area contributed by atoms with Gasteiger partial charge in [0.2, 0.25) is 0 Å². The van der Waals surface area contributed by atoms with Crippen LogP contribution in [0.3, 0.4) is 0 Å². The summed E-state index contributed by atoms with van der Waals surface area (Å²) in [5.41, 5.74) is 7.03. The second kappa shape index (κ2) is 6.91. The Morgan fingerprint density at radius 1 is 1.37 bits per heavy atom. The number of methoxy groups -OCH3 is 1. The standard InChI is InChI=1S/C14H20Cl2N2O/c1-19-13-3-2-4-18(9-13)14(8-17)10-5-11(15)7-12(16)6-10/h5-7,13-14H,2-4,8-9,17H2,1H3. The van der Waals surface area contributed by atoms with Crippen LogP contribution in [-0.2, 0) is 4.74 Å². The number of nitrogens with zero attached hydrogens (tertiary/aromatic N) is 1. The zero-order chi connectivity index (χ0) is 13.8. The highest BCUT2D eigenvalue weighted by atomic mass is 35.5. The number of likely N-dealkylation sites (tertiary alicyclic amines) is 1. The summed E-state index contributed by atoms with van der Waals surface area (Å²) in [5.74, 6) is 0. The van der Waals surface area contributed by atoms with Crippen molar-refractivity contribution in [1.82, 2.24) is 4.90 Å². The van der Waals surface area contributed by atoms with Crippen LogP contribution < -0.4 is 5.73 Å². The van der Waals surface area contributed by atoms with Crippen molar-refractivity contribution < 1.29 is 4.74 Å². The zero-order valence-electron chi connectivity index (χ0n) is 11.1. The average Bonchev–Trinajstić information content (AvgIpc) is 2.39. The summed E-state index contributed by atoms with van der Waals surface area (Å²) < 4.78 is 5.46. The lowest BCUT2D eigenvalue weighted by molar-refractivity contribution is 0.0155. The van der Waals surface area contributed by atoms with Gasteiger partial charge in [-0.3, -0.25) is 4.90 Å². The van der Waals surface area contributed by atoms with E-state index in [-0.39, 0.29) is 12.1 Å². The molecule has 1 heterocycles. The molecule has 5 heteroatoms. The van der Waals surface area contributed by atoms with Gasteiger partial charge in [-0.15, -0.1) is 0 Å². The van der Waals surface area contributed by atoms with Gasteiger partial charge in [0, 0.05) is 36.3 Å². The Kier molecular flexibility index (Phi) is 5.48. The Morgan fingerprint density at radius 2 is 2.05 bits per heavy atom. The molecule has 0 bridgehead atoms. The van der Waals surface area contributed by atoms with Gasteiger partial charge in [0.25, 0.3) is 0 Å². The van der Waals surface area contributed by atoms with Gasteiger partial charge in [0.1, 0.15) is 0 Å². The van der Waals surface area contributed by atoms with Crippen molar-refractivity contribution in [3.8, 4) is 0 Å². The molecular formula is C14H20Cl2N2O. The number of hydrogen-bond donors (Lipinski definition) is 1. The van der Waals surface area contributed by atoms with Crippen LogP contribution in [0.5, 0.6) is 0 Å². The van der Waals surface area contributed by atoms with Crippen LogP contribution in [0, 0.1) is 0 Å². The van der Waals surface area contributed by atoms with Crippen LogP contribution in [0.1, 0.15) is 24.4 Å². The Labute approximate surface area is 124 Å². The minimum absolute atomic E-state index is 0.147. The van der Waals surface area contributed by atoms with Crippen molar-refractivity contribution in [2.75, 3.05) is 26.7 Å². The van der Waals surface area contributed by atoms with Gasteiger partial charge in [-0.25, -0.2) is 0 Å². The first-order valence-electron chi connectivity index (χ1n) is 6.57. The fourth-order valence-electron chi connectivity index (χ4n) is 2.71. The number of ether oxygens (including phenoxy) is 1. The third-order valence-electron chi connectivity index (χ3n) is 3.68. The van der Waals surface area contributed by atoms with Gasteiger partial charge in [-0.1, -0.05) is 23.2 Å². The quantitative estimate of drug-likeness (QED) is 0.929. The molecule has 1 aromatic carbocycles. The molecule has 2 rings (SSSR count). The highest BCUT2D eigenvalue weighted by Gasteiger charge is 2.26. The molecule has 2 unspecified atom stereocenters. The molecule has 0 saturated carbocycles. The first-order chi connectivity index (χ1) is 9.13. The molecule has 106 valence electrons. The smallest absolute Gasteiger partial charge is 0.0698 e. The fraction of sp³-hybridized carbons (Fsp3) is 0.571. The van der Waals surface area contributed by atoms with Gasteiger partial charge < -0.3 is 10.5 Å². The van der Waals surface area contributed by atoms with E-state index in [0.29, 0.717) is 16.6 Å². The summed E-state index contributed by atoms with van der Waals surface area (Å²) in [4.78, 5) is 2.36. The van der Waals surface area contributed by atoms with Crippen molar-refractivity contribution in [2.24, 2.45) is 5.73 Å². The van der Waals surface area contributed by atoms with Crippen molar-refractivity contribution in [3.05, 3.63) is 33.8 Å².